The van der Waals surface area contributed by atoms with Crippen LogP contribution in [-0.2, 0) is 11.2 Å². The Balaban J connectivity index is 1.64. The van der Waals surface area contributed by atoms with Crippen molar-refractivity contribution in [1.82, 2.24) is 5.43 Å². The van der Waals surface area contributed by atoms with E-state index >= 15 is 0 Å². The van der Waals surface area contributed by atoms with Gasteiger partial charge in [-0.25, -0.2) is 10.2 Å². The SMILES string of the molecule is C=CCc1ccc(OCC(=O)N/N=C\c2cc(Br)ccc2OC(=O)c2ccc(OC)c(OC)c2)c(OC)c1. The molecule has 0 aliphatic carbocycles. The number of nitrogens with zero attached hydrogens (tertiary/aromatic N) is 1. The summed E-state index contributed by atoms with van der Waals surface area (Å²) in [6.07, 6.45) is 3.84. The number of hydrazone groups is 1. The molecule has 1 amide bonds. The minimum atomic E-state index is -0.603. The average molecular weight is 583 g/mol. The number of hydrogen-bond donors (Lipinski definition) is 1. The van der Waals surface area contributed by atoms with Crippen molar-refractivity contribution in [2.75, 3.05) is 27.9 Å². The summed E-state index contributed by atoms with van der Waals surface area (Å²) in [6, 6.07) is 15.1. The highest BCUT2D eigenvalue weighted by molar-refractivity contribution is 9.10. The molecule has 0 unspecified atom stereocenters. The van der Waals surface area contributed by atoms with Crippen LogP contribution in [0.25, 0.3) is 0 Å². The fourth-order valence-electron chi connectivity index (χ4n) is 3.31. The molecule has 0 bridgehead atoms. The van der Waals surface area contributed by atoms with Gasteiger partial charge in [-0.2, -0.15) is 5.10 Å². The number of hydrogen-bond acceptors (Lipinski definition) is 8. The molecule has 0 saturated carbocycles. The number of carbonyl (C=O) groups is 2. The van der Waals surface area contributed by atoms with Crippen LogP contribution >= 0.6 is 15.9 Å². The topological polar surface area (TPSA) is 105 Å². The van der Waals surface area contributed by atoms with Crippen molar-refractivity contribution in [2.24, 2.45) is 5.10 Å². The Labute approximate surface area is 229 Å². The Kier molecular flexibility index (Phi) is 10.3. The molecule has 0 atom stereocenters. The average Bonchev–Trinajstić information content (AvgIpc) is 2.93. The fourth-order valence-corrected chi connectivity index (χ4v) is 3.69. The normalized spacial score (nSPS) is 10.5. The van der Waals surface area contributed by atoms with E-state index in [0.717, 1.165) is 10.0 Å². The van der Waals surface area contributed by atoms with Crippen molar-refractivity contribution in [1.29, 1.82) is 0 Å². The first-order valence-corrected chi connectivity index (χ1v) is 12.1. The van der Waals surface area contributed by atoms with E-state index in [1.165, 1.54) is 33.6 Å². The molecule has 3 rings (SSSR count). The van der Waals surface area contributed by atoms with Crippen LogP contribution in [0.2, 0.25) is 0 Å². The van der Waals surface area contributed by atoms with Gasteiger partial charge in [0.1, 0.15) is 5.75 Å². The summed E-state index contributed by atoms with van der Waals surface area (Å²) in [7, 11) is 4.51. The molecule has 0 aromatic heterocycles. The van der Waals surface area contributed by atoms with Gasteiger partial charge in [0.05, 0.1) is 33.1 Å². The number of nitrogens with one attached hydrogen (secondary N) is 1. The van der Waals surface area contributed by atoms with Crippen molar-refractivity contribution in [3.8, 4) is 28.7 Å². The molecule has 10 heteroatoms. The summed E-state index contributed by atoms with van der Waals surface area (Å²) in [6.45, 7) is 3.44. The number of allylic oxidation sites excluding steroid dienone is 1. The van der Waals surface area contributed by atoms with Gasteiger partial charge in [0.25, 0.3) is 5.91 Å². The number of carbonyl (C=O) groups excluding carboxylic acids is 2. The highest BCUT2D eigenvalue weighted by Crippen LogP contribution is 2.30. The fraction of sp³-hybridized carbons (Fsp3) is 0.179. The Hall–Kier alpha value is -4.31. The van der Waals surface area contributed by atoms with Gasteiger partial charge in [-0.05, 0) is 60.5 Å². The highest BCUT2D eigenvalue weighted by Gasteiger charge is 2.15. The van der Waals surface area contributed by atoms with Crippen LogP contribution < -0.4 is 29.1 Å². The maximum Gasteiger partial charge on any atom is 0.343 e. The van der Waals surface area contributed by atoms with Crippen LogP contribution in [-0.4, -0.2) is 46.0 Å². The Morgan fingerprint density at radius 2 is 1.58 bits per heavy atom. The van der Waals surface area contributed by atoms with Crippen LogP contribution in [0.5, 0.6) is 28.7 Å². The number of ether oxygens (including phenoxy) is 5. The van der Waals surface area contributed by atoms with Gasteiger partial charge in [0.2, 0.25) is 0 Å². The molecule has 1 N–H and O–H groups in total. The number of halogens is 1. The van der Waals surface area contributed by atoms with E-state index in [2.05, 4.69) is 33.0 Å². The Morgan fingerprint density at radius 1 is 0.895 bits per heavy atom. The van der Waals surface area contributed by atoms with Crippen molar-refractivity contribution < 1.29 is 33.3 Å². The quantitative estimate of drug-likeness (QED) is 0.106. The van der Waals surface area contributed by atoms with Crippen LogP contribution in [0, 0.1) is 0 Å². The van der Waals surface area contributed by atoms with E-state index in [1.54, 1.807) is 42.5 Å². The van der Waals surface area contributed by atoms with Crippen LogP contribution in [0.1, 0.15) is 21.5 Å². The zero-order chi connectivity index (χ0) is 27.5. The third-order valence-corrected chi connectivity index (χ3v) is 5.65. The predicted molar refractivity (Wildman–Crippen MR) is 147 cm³/mol. The van der Waals surface area contributed by atoms with E-state index in [-0.39, 0.29) is 17.9 Å². The smallest absolute Gasteiger partial charge is 0.343 e. The molecule has 0 aliphatic rings. The van der Waals surface area contributed by atoms with Gasteiger partial charge < -0.3 is 23.7 Å². The van der Waals surface area contributed by atoms with E-state index < -0.39 is 11.9 Å². The molecule has 198 valence electrons. The van der Waals surface area contributed by atoms with Gasteiger partial charge >= 0.3 is 5.97 Å². The van der Waals surface area contributed by atoms with Gasteiger partial charge in [-0.3, -0.25) is 4.79 Å². The van der Waals surface area contributed by atoms with Gasteiger partial charge in [-0.15, -0.1) is 6.58 Å². The zero-order valence-corrected chi connectivity index (χ0v) is 22.7. The summed E-state index contributed by atoms with van der Waals surface area (Å²) < 4.78 is 27.7. The Bertz CT molecular complexity index is 1340. The molecule has 0 radical (unpaired) electrons. The first-order chi connectivity index (χ1) is 18.4. The molecule has 0 heterocycles. The number of benzene rings is 3. The van der Waals surface area contributed by atoms with Gasteiger partial charge in [0, 0.05) is 10.0 Å². The van der Waals surface area contributed by atoms with Crippen molar-refractivity contribution in [3.05, 3.63) is 88.4 Å². The van der Waals surface area contributed by atoms with E-state index in [1.807, 2.05) is 12.1 Å². The molecule has 3 aromatic carbocycles. The van der Waals surface area contributed by atoms with E-state index in [4.69, 9.17) is 23.7 Å². The molecule has 38 heavy (non-hydrogen) atoms. The van der Waals surface area contributed by atoms with Crippen LogP contribution in [0.15, 0.2) is 76.8 Å². The van der Waals surface area contributed by atoms with E-state index in [9.17, 15) is 9.59 Å². The van der Waals surface area contributed by atoms with Crippen molar-refractivity contribution >= 4 is 34.0 Å². The van der Waals surface area contributed by atoms with Crippen molar-refractivity contribution in [3.63, 3.8) is 0 Å². The molecular formula is C28H27BrN2O7. The third-order valence-electron chi connectivity index (χ3n) is 5.15. The number of methoxy groups -OCH3 is 3. The second-order valence-corrected chi connectivity index (χ2v) is 8.62. The summed E-state index contributed by atoms with van der Waals surface area (Å²) in [4.78, 5) is 25.0. The largest absolute Gasteiger partial charge is 0.493 e. The maximum absolute atomic E-state index is 12.8. The summed E-state index contributed by atoms with van der Waals surface area (Å²) in [5, 5.41) is 3.97. The standard InChI is InChI=1S/C28H27BrN2O7/c1-5-6-18-7-10-24(25(13-18)35-3)37-17-27(32)31-30-16-20-14-21(29)9-12-22(20)38-28(33)19-8-11-23(34-2)26(15-19)36-4/h5,7-16H,1,6,17H2,2-4H3,(H,31,32)/b30-16-. The first kappa shape index (κ1) is 28.3. The molecule has 0 spiro atoms. The van der Waals surface area contributed by atoms with Gasteiger partial charge in [-0.1, -0.05) is 28.1 Å². The number of rotatable bonds is 12. The predicted octanol–water partition coefficient (Wildman–Crippen LogP) is 4.95. The number of amides is 1. The lowest BCUT2D eigenvalue weighted by Gasteiger charge is -2.11. The second kappa shape index (κ2) is 13.8. The maximum atomic E-state index is 12.8. The number of esters is 1. The minimum absolute atomic E-state index is 0.242. The Morgan fingerprint density at radius 3 is 2.29 bits per heavy atom. The summed E-state index contributed by atoms with van der Waals surface area (Å²) in [5.41, 5.74) is 4.13. The summed E-state index contributed by atoms with van der Waals surface area (Å²) in [5.74, 6) is 0.974. The second-order valence-electron chi connectivity index (χ2n) is 7.70. The molecule has 3 aromatic rings. The molecule has 0 saturated heterocycles. The molecule has 0 fully saturated rings. The lowest BCUT2D eigenvalue weighted by Crippen LogP contribution is -2.24. The third kappa shape index (κ3) is 7.59. The molecular weight excluding hydrogens is 556 g/mol. The monoisotopic (exact) mass is 582 g/mol. The zero-order valence-electron chi connectivity index (χ0n) is 21.2. The summed E-state index contributed by atoms with van der Waals surface area (Å²) >= 11 is 3.38. The van der Waals surface area contributed by atoms with Crippen molar-refractivity contribution in [2.45, 2.75) is 6.42 Å². The molecule has 9 nitrogen and oxygen atoms in total. The lowest BCUT2D eigenvalue weighted by molar-refractivity contribution is -0.123. The lowest BCUT2D eigenvalue weighted by atomic mass is 10.1. The van der Waals surface area contributed by atoms with Gasteiger partial charge in [0.15, 0.2) is 29.6 Å². The molecule has 0 aliphatic heterocycles. The van der Waals surface area contributed by atoms with Crippen LogP contribution in [0.4, 0.5) is 0 Å². The highest BCUT2D eigenvalue weighted by atomic mass is 79.9. The first-order valence-electron chi connectivity index (χ1n) is 11.3. The minimum Gasteiger partial charge on any atom is -0.493 e. The van der Waals surface area contributed by atoms with E-state index in [0.29, 0.717) is 35.0 Å². The van der Waals surface area contributed by atoms with Crippen LogP contribution in [0.3, 0.4) is 0 Å².